The summed E-state index contributed by atoms with van der Waals surface area (Å²) in [6.45, 7) is 2.06. The topological polar surface area (TPSA) is 88.2 Å². The number of carboxylic acid groups (broad SMARTS) is 1. The summed E-state index contributed by atoms with van der Waals surface area (Å²) in [5, 5.41) is 26.8. The monoisotopic (exact) mass is 299 g/mol. The molecule has 0 atom stereocenters. The first kappa shape index (κ1) is 15.3. The molecule has 6 nitrogen and oxygen atoms in total. The number of thioether (sulfide) groups is 1. The zero-order valence-corrected chi connectivity index (χ0v) is 12.5. The van der Waals surface area contributed by atoms with Crippen LogP contribution in [0.15, 0.2) is 5.16 Å². The van der Waals surface area contributed by atoms with Crippen LogP contribution in [0.5, 0.6) is 0 Å². The van der Waals surface area contributed by atoms with Gasteiger partial charge in [-0.25, -0.2) is 0 Å². The number of aliphatic hydroxyl groups is 1. The van der Waals surface area contributed by atoms with Crippen LogP contribution in [0.3, 0.4) is 0 Å². The molecule has 1 aromatic heterocycles. The molecule has 1 saturated carbocycles. The van der Waals surface area contributed by atoms with Crippen LogP contribution < -0.4 is 0 Å². The SMILES string of the molecule is CCC1CCC(n2c(CO)nnc2SCC(=O)O)CC1. The predicted octanol–water partition coefficient (Wildman–Crippen LogP) is 2.09. The van der Waals surface area contributed by atoms with E-state index in [9.17, 15) is 9.90 Å². The van der Waals surface area contributed by atoms with Crippen molar-refractivity contribution in [1.82, 2.24) is 14.8 Å². The highest BCUT2D eigenvalue weighted by molar-refractivity contribution is 7.99. The first-order chi connectivity index (χ1) is 9.65. The second-order valence-corrected chi connectivity index (χ2v) is 6.13. The van der Waals surface area contributed by atoms with Gasteiger partial charge in [-0.05, 0) is 31.6 Å². The maximum Gasteiger partial charge on any atom is 0.313 e. The van der Waals surface area contributed by atoms with Crippen LogP contribution in [-0.4, -0.2) is 36.7 Å². The van der Waals surface area contributed by atoms with Gasteiger partial charge in [0.05, 0.1) is 5.75 Å². The zero-order valence-electron chi connectivity index (χ0n) is 11.7. The lowest BCUT2D eigenvalue weighted by molar-refractivity contribution is -0.133. The fourth-order valence-corrected chi connectivity index (χ4v) is 3.56. The first-order valence-corrected chi connectivity index (χ1v) is 8.03. The van der Waals surface area contributed by atoms with Crippen molar-refractivity contribution in [1.29, 1.82) is 0 Å². The van der Waals surface area contributed by atoms with Crippen molar-refractivity contribution in [3.05, 3.63) is 5.82 Å². The summed E-state index contributed by atoms with van der Waals surface area (Å²) in [4.78, 5) is 10.7. The first-order valence-electron chi connectivity index (χ1n) is 7.04. The van der Waals surface area contributed by atoms with Gasteiger partial charge in [0.1, 0.15) is 6.61 Å². The van der Waals surface area contributed by atoms with Crippen molar-refractivity contribution in [2.45, 2.75) is 56.8 Å². The van der Waals surface area contributed by atoms with Gasteiger partial charge in [0.15, 0.2) is 11.0 Å². The molecule has 1 aliphatic rings. The van der Waals surface area contributed by atoms with Crippen molar-refractivity contribution in [2.75, 3.05) is 5.75 Å². The van der Waals surface area contributed by atoms with Gasteiger partial charge >= 0.3 is 5.97 Å². The number of nitrogens with zero attached hydrogens (tertiary/aromatic N) is 3. The molecular weight excluding hydrogens is 278 g/mol. The standard InChI is InChI=1S/C13H21N3O3S/c1-2-9-3-5-10(6-4-9)16-11(7-17)14-15-13(16)20-8-12(18)19/h9-10,17H,2-8H2,1H3,(H,18,19). The highest BCUT2D eigenvalue weighted by Gasteiger charge is 2.26. The van der Waals surface area contributed by atoms with Gasteiger partial charge in [0.2, 0.25) is 0 Å². The van der Waals surface area contributed by atoms with E-state index in [1.807, 2.05) is 4.57 Å². The molecule has 7 heteroatoms. The minimum absolute atomic E-state index is 0.0339. The van der Waals surface area contributed by atoms with Crippen LogP contribution in [0.25, 0.3) is 0 Å². The molecule has 0 bridgehead atoms. The second-order valence-electron chi connectivity index (χ2n) is 5.19. The lowest BCUT2D eigenvalue weighted by Gasteiger charge is -2.30. The van der Waals surface area contributed by atoms with Crippen molar-refractivity contribution < 1.29 is 15.0 Å². The predicted molar refractivity (Wildman–Crippen MR) is 75.6 cm³/mol. The third-order valence-electron chi connectivity index (χ3n) is 3.96. The van der Waals surface area contributed by atoms with Gasteiger partial charge in [-0.15, -0.1) is 10.2 Å². The summed E-state index contributed by atoms with van der Waals surface area (Å²) in [6, 6.07) is 0.284. The Bertz CT molecular complexity index is 456. The van der Waals surface area contributed by atoms with Gasteiger partial charge < -0.3 is 14.8 Å². The minimum Gasteiger partial charge on any atom is -0.481 e. The number of carboxylic acids is 1. The number of aliphatic hydroxyl groups excluding tert-OH is 1. The lowest BCUT2D eigenvalue weighted by Crippen LogP contribution is -2.20. The van der Waals surface area contributed by atoms with Crippen LogP contribution in [0.4, 0.5) is 0 Å². The molecule has 2 N–H and O–H groups in total. The minimum atomic E-state index is -0.871. The Labute approximate surface area is 122 Å². The summed E-state index contributed by atoms with van der Waals surface area (Å²) in [5.74, 6) is 0.423. The largest absolute Gasteiger partial charge is 0.481 e. The lowest BCUT2D eigenvalue weighted by atomic mass is 9.84. The smallest absolute Gasteiger partial charge is 0.313 e. The number of aliphatic carboxylic acids is 1. The van der Waals surface area contributed by atoms with E-state index in [1.165, 1.54) is 31.0 Å². The number of rotatable bonds is 6. The molecular formula is C13H21N3O3S. The summed E-state index contributed by atoms with van der Waals surface area (Å²) in [7, 11) is 0. The Morgan fingerprint density at radius 3 is 2.60 bits per heavy atom. The van der Waals surface area contributed by atoms with Crippen LogP contribution >= 0.6 is 11.8 Å². The Morgan fingerprint density at radius 1 is 1.35 bits per heavy atom. The van der Waals surface area contributed by atoms with Crippen LogP contribution in [0.2, 0.25) is 0 Å². The fourth-order valence-electron chi connectivity index (χ4n) is 2.82. The third kappa shape index (κ3) is 3.52. The molecule has 0 aromatic carbocycles. The Kier molecular flexibility index (Phi) is 5.42. The maximum absolute atomic E-state index is 10.7. The van der Waals surface area contributed by atoms with E-state index >= 15 is 0 Å². The van der Waals surface area contributed by atoms with Gasteiger partial charge in [0, 0.05) is 6.04 Å². The van der Waals surface area contributed by atoms with Gasteiger partial charge in [-0.3, -0.25) is 4.79 Å². The van der Waals surface area contributed by atoms with E-state index in [0.29, 0.717) is 11.0 Å². The van der Waals surface area contributed by atoms with E-state index in [4.69, 9.17) is 5.11 Å². The normalized spacial score (nSPS) is 22.9. The molecule has 1 aromatic rings. The second kappa shape index (κ2) is 7.08. The molecule has 1 heterocycles. The fraction of sp³-hybridized carbons (Fsp3) is 0.769. The van der Waals surface area contributed by atoms with E-state index in [1.54, 1.807) is 0 Å². The van der Waals surface area contributed by atoms with Crippen LogP contribution in [0.1, 0.15) is 50.9 Å². The molecule has 1 aliphatic carbocycles. The number of carbonyl (C=O) groups is 1. The molecule has 0 aliphatic heterocycles. The summed E-state index contributed by atoms with van der Waals surface area (Å²) in [6.07, 6.45) is 5.65. The number of hydrogen-bond donors (Lipinski definition) is 2. The molecule has 0 radical (unpaired) electrons. The molecule has 0 spiro atoms. The average Bonchev–Trinajstić information content (AvgIpc) is 2.88. The highest BCUT2D eigenvalue weighted by atomic mass is 32.2. The van der Waals surface area contributed by atoms with Gasteiger partial charge in [-0.1, -0.05) is 25.1 Å². The van der Waals surface area contributed by atoms with Crippen molar-refractivity contribution >= 4 is 17.7 Å². The molecule has 0 amide bonds. The quantitative estimate of drug-likeness (QED) is 0.782. The van der Waals surface area contributed by atoms with Crippen molar-refractivity contribution in [3.63, 3.8) is 0 Å². The summed E-state index contributed by atoms with van der Waals surface area (Å²) >= 11 is 1.17. The third-order valence-corrected chi connectivity index (χ3v) is 4.89. The summed E-state index contributed by atoms with van der Waals surface area (Å²) in [5.41, 5.74) is 0. The molecule has 0 saturated heterocycles. The highest BCUT2D eigenvalue weighted by Crippen LogP contribution is 2.36. The zero-order chi connectivity index (χ0) is 14.5. The molecule has 2 rings (SSSR count). The number of hydrogen-bond acceptors (Lipinski definition) is 5. The van der Waals surface area contributed by atoms with Crippen molar-refractivity contribution in [3.8, 4) is 0 Å². The number of aromatic nitrogens is 3. The van der Waals surface area contributed by atoms with E-state index in [0.717, 1.165) is 18.8 Å². The molecule has 0 unspecified atom stereocenters. The summed E-state index contributed by atoms with van der Waals surface area (Å²) < 4.78 is 1.94. The van der Waals surface area contributed by atoms with Crippen LogP contribution in [-0.2, 0) is 11.4 Å². The molecule has 1 fully saturated rings. The van der Waals surface area contributed by atoms with Crippen LogP contribution in [0, 0.1) is 5.92 Å². The Morgan fingerprint density at radius 2 is 2.05 bits per heavy atom. The van der Waals surface area contributed by atoms with E-state index in [2.05, 4.69) is 17.1 Å². The average molecular weight is 299 g/mol. The van der Waals surface area contributed by atoms with E-state index in [-0.39, 0.29) is 18.4 Å². The van der Waals surface area contributed by atoms with E-state index < -0.39 is 5.97 Å². The van der Waals surface area contributed by atoms with Gasteiger partial charge in [0.25, 0.3) is 0 Å². The Balaban J connectivity index is 2.12. The maximum atomic E-state index is 10.7. The molecule has 20 heavy (non-hydrogen) atoms. The molecule has 112 valence electrons. The Hall–Kier alpha value is -1.08. The van der Waals surface area contributed by atoms with Gasteiger partial charge in [-0.2, -0.15) is 0 Å². The van der Waals surface area contributed by atoms with Crippen molar-refractivity contribution in [2.24, 2.45) is 5.92 Å².